The van der Waals surface area contributed by atoms with Gasteiger partial charge in [-0.05, 0) is 54.0 Å². The molecule has 22 heavy (non-hydrogen) atoms. The van der Waals surface area contributed by atoms with Gasteiger partial charge in [0.15, 0.2) is 5.11 Å². The van der Waals surface area contributed by atoms with Crippen LogP contribution in [0.2, 0.25) is 0 Å². The third-order valence-corrected chi connectivity index (χ3v) is 3.37. The number of carbonyl (C=O) groups excluding carboxylic acids is 1. The van der Waals surface area contributed by atoms with Crippen LogP contribution in [0.3, 0.4) is 0 Å². The van der Waals surface area contributed by atoms with Crippen LogP contribution in [0, 0.1) is 5.82 Å². The summed E-state index contributed by atoms with van der Waals surface area (Å²) < 4.78 is 12.9. The molecule has 3 nitrogen and oxygen atoms in total. The zero-order valence-electron chi connectivity index (χ0n) is 12.4. The molecule has 0 aliphatic rings. The molecule has 0 aliphatic heterocycles. The molecular formula is C17H17FN2OS. The molecule has 0 atom stereocenters. The molecule has 1 amide bonds. The highest BCUT2D eigenvalue weighted by Gasteiger charge is 2.10. The maximum Gasteiger partial charge on any atom is 0.257 e. The van der Waals surface area contributed by atoms with Crippen molar-refractivity contribution in [1.82, 2.24) is 5.32 Å². The van der Waals surface area contributed by atoms with Crippen molar-refractivity contribution in [3.8, 4) is 0 Å². The van der Waals surface area contributed by atoms with E-state index in [0.29, 0.717) is 11.5 Å². The zero-order chi connectivity index (χ0) is 16.1. The first kappa shape index (κ1) is 16.1. The van der Waals surface area contributed by atoms with Crippen LogP contribution in [0.5, 0.6) is 0 Å². The predicted molar refractivity (Wildman–Crippen MR) is 90.6 cm³/mol. The second-order valence-electron chi connectivity index (χ2n) is 5.16. The smallest absolute Gasteiger partial charge is 0.257 e. The fraction of sp³-hybridized carbons (Fsp3) is 0.176. The third-order valence-electron chi connectivity index (χ3n) is 3.16. The normalized spacial score (nSPS) is 10.4. The summed E-state index contributed by atoms with van der Waals surface area (Å²) in [7, 11) is 0. The van der Waals surface area contributed by atoms with E-state index in [4.69, 9.17) is 12.2 Å². The van der Waals surface area contributed by atoms with E-state index in [9.17, 15) is 9.18 Å². The monoisotopic (exact) mass is 316 g/mol. The van der Waals surface area contributed by atoms with E-state index in [2.05, 4.69) is 24.5 Å². The number of halogens is 1. The van der Waals surface area contributed by atoms with Gasteiger partial charge in [-0.15, -0.1) is 0 Å². The highest BCUT2D eigenvalue weighted by molar-refractivity contribution is 7.80. The average molecular weight is 316 g/mol. The highest BCUT2D eigenvalue weighted by Crippen LogP contribution is 2.23. The fourth-order valence-electron chi connectivity index (χ4n) is 2.04. The van der Waals surface area contributed by atoms with Crippen LogP contribution in [0.15, 0.2) is 48.5 Å². The van der Waals surface area contributed by atoms with Crippen LogP contribution in [0.1, 0.15) is 35.7 Å². The molecule has 0 spiro atoms. The Hall–Kier alpha value is -2.27. The van der Waals surface area contributed by atoms with Gasteiger partial charge in [0.05, 0.1) is 0 Å². The molecule has 0 aliphatic carbocycles. The minimum absolute atomic E-state index is 0.211. The van der Waals surface area contributed by atoms with Crippen LogP contribution < -0.4 is 10.6 Å². The molecule has 5 heteroatoms. The van der Waals surface area contributed by atoms with Crippen molar-refractivity contribution in [3.63, 3.8) is 0 Å². The van der Waals surface area contributed by atoms with E-state index >= 15 is 0 Å². The Balaban J connectivity index is 2.04. The molecule has 0 heterocycles. The lowest BCUT2D eigenvalue weighted by Crippen LogP contribution is -2.34. The van der Waals surface area contributed by atoms with Crippen LogP contribution >= 0.6 is 12.2 Å². The third kappa shape index (κ3) is 4.11. The molecule has 2 aromatic carbocycles. The number of hydrogen-bond donors (Lipinski definition) is 2. The first-order chi connectivity index (χ1) is 10.5. The predicted octanol–water partition coefficient (Wildman–Crippen LogP) is 4.08. The molecule has 2 rings (SSSR count). The standard InChI is InChI=1S/C17H17FN2OS/c1-11(2)14-5-3-4-6-15(14)19-17(22)20-16(21)12-7-9-13(18)10-8-12/h3-11H,1-2H3,(H2,19,20,21,22). The van der Waals surface area contributed by atoms with Crippen molar-refractivity contribution in [3.05, 3.63) is 65.5 Å². The number of anilines is 1. The van der Waals surface area contributed by atoms with Gasteiger partial charge in [-0.25, -0.2) is 4.39 Å². The summed E-state index contributed by atoms with van der Waals surface area (Å²) in [6.45, 7) is 4.17. The second kappa shape index (κ2) is 7.13. The minimum Gasteiger partial charge on any atom is -0.332 e. The molecule has 114 valence electrons. The number of thiocarbonyl (C=S) groups is 1. The summed E-state index contributed by atoms with van der Waals surface area (Å²) in [6.07, 6.45) is 0. The van der Waals surface area contributed by atoms with Crippen molar-refractivity contribution in [2.75, 3.05) is 5.32 Å². The van der Waals surface area contributed by atoms with Crippen LogP contribution in [0.25, 0.3) is 0 Å². The van der Waals surface area contributed by atoms with E-state index in [1.165, 1.54) is 24.3 Å². The van der Waals surface area contributed by atoms with Gasteiger partial charge in [0.2, 0.25) is 0 Å². The van der Waals surface area contributed by atoms with E-state index in [1.807, 2.05) is 24.3 Å². The SMILES string of the molecule is CC(C)c1ccccc1NC(=S)NC(=O)c1ccc(F)cc1. The van der Waals surface area contributed by atoms with Crippen molar-refractivity contribution < 1.29 is 9.18 Å². The molecule has 0 radical (unpaired) electrons. The van der Waals surface area contributed by atoms with Crippen molar-refractivity contribution in [1.29, 1.82) is 0 Å². The summed E-state index contributed by atoms with van der Waals surface area (Å²) in [5.74, 6) is -0.429. The molecule has 0 aromatic heterocycles. The van der Waals surface area contributed by atoms with E-state index in [-0.39, 0.29) is 16.8 Å². The highest BCUT2D eigenvalue weighted by atomic mass is 32.1. The lowest BCUT2D eigenvalue weighted by molar-refractivity contribution is 0.0977. The summed E-state index contributed by atoms with van der Waals surface area (Å²) in [6, 6.07) is 13.1. The summed E-state index contributed by atoms with van der Waals surface area (Å²) >= 11 is 5.17. The maximum absolute atomic E-state index is 12.9. The number of amides is 1. The number of carbonyl (C=O) groups is 1. The van der Waals surface area contributed by atoms with Gasteiger partial charge in [0.1, 0.15) is 5.82 Å². The van der Waals surface area contributed by atoms with Gasteiger partial charge in [0.25, 0.3) is 5.91 Å². The Morgan fingerprint density at radius 2 is 1.73 bits per heavy atom. The van der Waals surface area contributed by atoms with Gasteiger partial charge in [0, 0.05) is 11.3 Å². The number of para-hydroxylation sites is 1. The van der Waals surface area contributed by atoms with Gasteiger partial charge in [-0.3, -0.25) is 10.1 Å². The maximum atomic E-state index is 12.9. The topological polar surface area (TPSA) is 41.1 Å². The van der Waals surface area contributed by atoms with Crippen molar-refractivity contribution in [2.45, 2.75) is 19.8 Å². The number of hydrogen-bond acceptors (Lipinski definition) is 2. The molecule has 0 bridgehead atoms. The molecule has 0 saturated heterocycles. The lowest BCUT2D eigenvalue weighted by atomic mass is 10.0. The van der Waals surface area contributed by atoms with Crippen LogP contribution in [0.4, 0.5) is 10.1 Å². The quantitative estimate of drug-likeness (QED) is 0.839. The second-order valence-corrected chi connectivity index (χ2v) is 5.57. The molecule has 2 N–H and O–H groups in total. The van der Waals surface area contributed by atoms with Gasteiger partial charge in [-0.2, -0.15) is 0 Å². The van der Waals surface area contributed by atoms with Crippen molar-refractivity contribution >= 4 is 28.9 Å². The van der Waals surface area contributed by atoms with Crippen molar-refractivity contribution in [2.24, 2.45) is 0 Å². The molecule has 0 unspecified atom stereocenters. The first-order valence-corrected chi connectivity index (χ1v) is 7.35. The Labute approximate surface area is 134 Å². The van der Waals surface area contributed by atoms with E-state index in [0.717, 1.165) is 11.3 Å². The molecule has 0 saturated carbocycles. The zero-order valence-corrected chi connectivity index (χ0v) is 13.2. The van der Waals surface area contributed by atoms with Crippen LogP contribution in [-0.2, 0) is 0 Å². The van der Waals surface area contributed by atoms with E-state index < -0.39 is 0 Å². The summed E-state index contributed by atoms with van der Waals surface area (Å²) in [5, 5.41) is 5.83. The Kier molecular flexibility index (Phi) is 5.22. The first-order valence-electron chi connectivity index (χ1n) is 6.94. The molecule has 0 fully saturated rings. The largest absolute Gasteiger partial charge is 0.332 e. The van der Waals surface area contributed by atoms with E-state index in [1.54, 1.807) is 0 Å². The summed E-state index contributed by atoms with van der Waals surface area (Å²) in [5.41, 5.74) is 2.32. The molecule has 2 aromatic rings. The fourth-order valence-corrected chi connectivity index (χ4v) is 2.25. The number of rotatable bonds is 3. The minimum atomic E-state index is -0.386. The van der Waals surface area contributed by atoms with Gasteiger partial charge >= 0.3 is 0 Å². The van der Waals surface area contributed by atoms with Crippen LogP contribution in [-0.4, -0.2) is 11.0 Å². The Morgan fingerprint density at radius 3 is 2.36 bits per heavy atom. The van der Waals surface area contributed by atoms with Gasteiger partial charge < -0.3 is 5.32 Å². The number of benzene rings is 2. The summed E-state index contributed by atoms with van der Waals surface area (Å²) in [4.78, 5) is 12.0. The number of nitrogens with one attached hydrogen (secondary N) is 2. The Morgan fingerprint density at radius 1 is 1.09 bits per heavy atom. The average Bonchev–Trinajstić information content (AvgIpc) is 2.48. The lowest BCUT2D eigenvalue weighted by Gasteiger charge is -2.15. The Bertz CT molecular complexity index is 683. The molecular weight excluding hydrogens is 299 g/mol. The van der Waals surface area contributed by atoms with Gasteiger partial charge in [-0.1, -0.05) is 32.0 Å².